The van der Waals surface area contributed by atoms with Crippen LogP contribution >= 0.6 is 11.8 Å². The Hall–Kier alpha value is -3.85. The topological polar surface area (TPSA) is 108 Å². The van der Waals surface area contributed by atoms with Gasteiger partial charge in [-0.05, 0) is 23.8 Å². The van der Waals surface area contributed by atoms with Gasteiger partial charge in [-0.1, -0.05) is 42.1 Å². The minimum absolute atomic E-state index is 0.101. The molecule has 2 N–H and O–H groups in total. The molecule has 0 saturated carbocycles. The predicted molar refractivity (Wildman–Crippen MR) is 118 cm³/mol. The second kappa shape index (κ2) is 10.6. The number of thioether (sulfide) groups is 1. The second-order valence-corrected chi connectivity index (χ2v) is 8.21. The summed E-state index contributed by atoms with van der Waals surface area (Å²) in [6.45, 7) is 0. The van der Waals surface area contributed by atoms with Crippen molar-refractivity contribution >= 4 is 35.2 Å². The highest BCUT2D eigenvalue weighted by Gasteiger charge is 2.45. The molecule has 1 aliphatic rings. The summed E-state index contributed by atoms with van der Waals surface area (Å²) in [5.74, 6) is -6.87. The Bertz CT molecular complexity index is 1240. The van der Waals surface area contributed by atoms with E-state index in [2.05, 4.69) is 15.4 Å². The molecule has 2 aromatic rings. The van der Waals surface area contributed by atoms with Crippen LogP contribution in [0.3, 0.4) is 0 Å². The molecule has 2 aromatic carbocycles. The summed E-state index contributed by atoms with van der Waals surface area (Å²) in [5.41, 5.74) is -1.79. The molecule has 0 bridgehead atoms. The fraction of sp³-hybridized carbons (Fsp3) is 0.217. The zero-order chi connectivity index (χ0) is 25.8. The van der Waals surface area contributed by atoms with Crippen molar-refractivity contribution in [2.75, 3.05) is 18.2 Å². The minimum Gasteiger partial charge on any atom is -0.468 e. The molecule has 0 unspecified atom stereocenters. The smallest absolute Gasteiger partial charge is 0.418 e. The SMILES string of the molecule is COC(=O)[C@H]1C(=O)NC(SCC(=O)Nc2ccccc2C(F)(F)F)=C(C#N)[C@H]1c1ccccc1F. The molecule has 0 aliphatic carbocycles. The van der Waals surface area contributed by atoms with E-state index in [0.29, 0.717) is 11.8 Å². The average Bonchev–Trinajstić information content (AvgIpc) is 2.82. The lowest BCUT2D eigenvalue weighted by Crippen LogP contribution is -2.44. The predicted octanol–water partition coefficient (Wildman–Crippen LogP) is 3.95. The normalized spacial score (nSPS) is 17.9. The van der Waals surface area contributed by atoms with E-state index in [1.54, 1.807) is 0 Å². The number of hydrogen-bond acceptors (Lipinski definition) is 6. The van der Waals surface area contributed by atoms with Crippen molar-refractivity contribution in [1.82, 2.24) is 5.32 Å². The average molecular weight is 507 g/mol. The fourth-order valence-corrected chi connectivity index (χ4v) is 4.39. The van der Waals surface area contributed by atoms with Crippen LogP contribution in [0.5, 0.6) is 0 Å². The van der Waals surface area contributed by atoms with Crippen molar-refractivity contribution in [2.45, 2.75) is 12.1 Å². The van der Waals surface area contributed by atoms with Crippen molar-refractivity contribution in [1.29, 1.82) is 5.26 Å². The highest BCUT2D eigenvalue weighted by Crippen LogP contribution is 2.41. The van der Waals surface area contributed by atoms with Crippen LogP contribution in [0.25, 0.3) is 0 Å². The lowest BCUT2D eigenvalue weighted by molar-refractivity contribution is -0.150. The lowest BCUT2D eigenvalue weighted by Gasteiger charge is -2.31. The molecule has 0 fully saturated rings. The maximum atomic E-state index is 14.6. The Morgan fingerprint density at radius 1 is 1.17 bits per heavy atom. The first kappa shape index (κ1) is 25.8. The van der Waals surface area contributed by atoms with E-state index in [-0.39, 0.29) is 16.2 Å². The van der Waals surface area contributed by atoms with Crippen molar-refractivity contribution in [3.05, 3.63) is 76.1 Å². The number of allylic oxidation sites excluding steroid dienone is 1. The summed E-state index contributed by atoms with van der Waals surface area (Å²) in [4.78, 5) is 37.4. The third kappa shape index (κ3) is 5.63. The van der Waals surface area contributed by atoms with E-state index >= 15 is 0 Å². The highest BCUT2D eigenvalue weighted by atomic mass is 32.2. The number of para-hydroxylation sites is 1. The number of carbonyl (C=O) groups is 3. The van der Waals surface area contributed by atoms with Crippen LogP contribution in [0.1, 0.15) is 17.0 Å². The summed E-state index contributed by atoms with van der Waals surface area (Å²) in [6, 6.07) is 11.5. The number of nitrogens with one attached hydrogen (secondary N) is 2. The van der Waals surface area contributed by atoms with Gasteiger partial charge in [0.1, 0.15) is 11.7 Å². The Balaban J connectivity index is 1.91. The molecular formula is C23H17F4N3O4S. The van der Waals surface area contributed by atoms with E-state index in [9.17, 15) is 37.2 Å². The van der Waals surface area contributed by atoms with Crippen molar-refractivity contribution in [3.63, 3.8) is 0 Å². The van der Waals surface area contributed by atoms with Crippen molar-refractivity contribution < 1.29 is 36.7 Å². The first-order valence-electron chi connectivity index (χ1n) is 9.94. The third-order valence-electron chi connectivity index (χ3n) is 5.08. The van der Waals surface area contributed by atoms with Gasteiger partial charge in [0.2, 0.25) is 11.8 Å². The Morgan fingerprint density at radius 2 is 1.83 bits per heavy atom. The number of nitriles is 1. The molecule has 2 atom stereocenters. The van der Waals surface area contributed by atoms with Crippen LogP contribution in [0.4, 0.5) is 23.2 Å². The summed E-state index contributed by atoms with van der Waals surface area (Å²) in [7, 11) is 1.04. The molecule has 12 heteroatoms. The number of amides is 2. The van der Waals surface area contributed by atoms with Gasteiger partial charge in [0.05, 0.1) is 40.8 Å². The lowest BCUT2D eigenvalue weighted by atomic mass is 9.78. The van der Waals surface area contributed by atoms with Gasteiger partial charge in [0, 0.05) is 5.92 Å². The summed E-state index contributed by atoms with van der Waals surface area (Å²) < 4.78 is 58.8. The Labute approximate surface area is 201 Å². The summed E-state index contributed by atoms with van der Waals surface area (Å²) in [5, 5.41) is 14.2. The molecule has 0 saturated heterocycles. The first-order chi connectivity index (χ1) is 16.6. The molecule has 182 valence electrons. The number of carbonyl (C=O) groups excluding carboxylic acids is 3. The van der Waals surface area contributed by atoms with Crippen molar-refractivity contribution in [2.24, 2.45) is 5.92 Å². The number of nitrogens with zero attached hydrogens (tertiary/aromatic N) is 1. The molecule has 7 nitrogen and oxygen atoms in total. The molecule has 2 amide bonds. The molecule has 1 aliphatic heterocycles. The number of hydrogen-bond donors (Lipinski definition) is 2. The van der Waals surface area contributed by atoms with Crippen LogP contribution in [-0.4, -0.2) is 30.6 Å². The first-order valence-corrected chi connectivity index (χ1v) is 10.9. The monoisotopic (exact) mass is 507 g/mol. The Kier molecular flexibility index (Phi) is 7.81. The van der Waals surface area contributed by atoms with Crippen molar-refractivity contribution in [3.8, 4) is 6.07 Å². The Morgan fingerprint density at radius 3 is 2.46 bits per heavy atom. The summed E-state index contributed by atoms with van der Waals surface area (Å²) >= 11 is 0.657. The van der Waals surface area contributed by atoms with E-state index < -0.39 is 58.6 Å². The molecule has 0 aromatic heterocycles. The van der Waals surface area contributed by atoms with Crippen LogP contribution in [0.15, 0.2) is 59.1 Å². The number of ether oxygens (including phenoxy) is 1. The zero-order valence-electron chi connectivity index (χ0n) is 18.0. The van der Waals surface area contributed by atoms with Gasteiger partial charge < -0.3 is 15.4 Å². The standard InChI is InChI=1S/C23H17F4N3O4S/c1-34-22(33)19-18(12-6-2-4-8-15(12)24)13(10-28)21(30-20(19)32)35-11-17(31)29-16-9-5-3-7-14(16)23(25,26)27/h2-9,18-19H,11H2,1H3,(H,29,31)(H,30,32)/t18-,19-/m1/s1. The number of alkyl halides is 3. The van der Waals surface area contributed by atoms with Gasteiger partial charge in [-0.25, -0.2) is 4.39 Å². The van der Waals surface area contributed by atoms with Gasteiger partial charge >= 0.3 is 12.1 Å². The maximum absolute atomic E-state index is 14.6. The molecule has 35 heavy (non-hydrogen) atoms. The zero-order valence-corrected chi connectivity index (χ0v) is 18.8. The molecular weight excluding hydrogens is 490 g/mol. The molecule has 3 rings (SSSR count). The van der Waals surface area contributed by atoms with Crippen LogP contribution < -0.4 is 10.6 Å². The molecule has 0 spiro atoms. The third-order valence-corrected chi connectivity index (χ3v) is 6.10. The maximum Gasteiger partial charge on any atom is 0.418 e. The van der Waals surface area contributed by atoms with Gasteiger partial charge in [-0.3, -0.25) is 14.4 Å². The number of halogens is 4. The quantitative estimate of drug-likeness (QED) is 0.348. The van der Waals surface area contributed by atoms with Gasteiger partial charge in [0.25, 0.3) is 0 Å². The highest BCUT2D eigenvalue weighted by molar-refractivity contribution is 8.03. The number of rotatable bonds is 6. The molecule has 1 heterocycles. The van der Waals surface area contributed by atoms with Gasteiger partial charge in [0.15, 0.2) is 0 Å². The van der Waals surface area contributed by atoms with E-state index in [1.807, 2.05) is 6.07 Å². The minimum atomic E-state index is -4.69. The molecule has 0 radical (unpaired) electrons. The number of methoxy groups -OCH3 is 1. The summed E-state index contributed by atoms with van der Waals surface area (Å²) in [6.07, 6.45) is -4.69. The number of esters is 1. The second-order valence-electron chi connectivity index (χ2n) is 7.22. The number of anilines is 1. The number of benzene rings is 2. The van der Waals surface area contributed by atoms with E-state index in [4.69, 9.17) is 0 Å². The van der Waals surface area contributed by atoms with E-state index in [1.165, 1.54) is 30.3 Å². The van der Waals surface area contributed by atoms with Crippen LogP contribution in [0.2, 0.25) is 0 Å². The van der Waals surface area contributed by atoms with Gasteiger partial charge in [-0.2, -0.15) is 18.4 Å². The largest absolute Gasteiger partial charge is 0.468 e. The van der Waals surface area contributed by atoms with E-state index in [0.717, 1.165) is 25.3 Å². The van der Waals surface area contributed by atoms with Crippen LogP contribution in [0, 0.1) is 23.1 Å². The fourth-order valence-electron chi connectivity index (χ4n) is 3.55. The van der Waals surface area contributed by atoms with Crippen LogP contribution in [-0.2, 0) is 25.3 Å². The van der Waals surface area contributed by atoms with Gasteiger partial charge in [-0.15, -0.1) is 0 Å².